The van der Waals surface area contributed by atoms with E-state index in [0.717, 1.165) is 27.9 Å². The fourth-order valence-corrected chi connectivity index (χ4v) is 11.0. The largest absolute Gasteiger partial charge is 0.309 e. The molecule has 2 aliphatic rings. The first-order valence-electron chi connectivity index (χ1n) is 19.7. The molecule has 1 saturated carbocycles. The topological polar surface area (TPSA) is 43.6 Å². The highest BCUT2D eigenvalue weighted by Crippen LogP contribution is 2.57. The third-order valence-corrected chi connectivity index (χ3v) is 13.6. The molecule has 0 radical (unpaired) electrons. The maximum atomic E-state index is 5.13. The summed E-state index contributed by atoms with van der Waals surface area (Å²) in [5.74, 6) is 1.99. The van der Waals surface area contributed by atoms with Crippen molar-refractivity contribution in [2.45, 2.75) is 37.5 Å². The Morgan fingerprint density at radius 2 is 1.05 bits per heavy atom. The summed E-state index contributed by atoms with van der Waals surface area (Å²) in [7, 11) is 0. The van der Waals surface area contributed by atoms with Crippen LogP contribution in [0.5, 0.6) is 0 Å². The fraction of sp³-hybridized carbons (Fsp3) is 0.118. The standard InChI is InChI=1S/C51H36N4S/c1-4-14-32(15-5-1)48-52-49(33-16-6-2-7-17-33)54-50(53-48)34-22-24-37-41-30-43-40(36-18-8-10-20-42(36)51(43)26-12-3-13-27-51)31-45(41)55(44(37)28-34)35-23-25-39-38-19-9-11-21-46(38)56-47(39)29-35/h1-2,4-11,14-25,28-31H,3,12-13,26-27H2. The Balaban J connectivity index is 1.14. The minimum absolute atomic E-state index is 0.0786. The van der Waals surface area contributed by atoms with Crippen molar-refractivity contribution in [1.82, 2.24) is 19.5 Å². The first-order valence-corrected chi connectivity index (χ1v) is 20.6. The van der Waals surface area contributed by atoms with E-state index in [4.69, 9.17) is 15.0 Å². The Labute approximate surface area is 328 Å². The zero-order chi connectivity index (χ0) is 36.8. The van der Waals surface area contributed by atoms with Gasteiger partial charge < -0.3 is 4.57 Å². The Morgan fingerprint density at radius 3 is 1.82 bits per heavy atom. The minimum Gasteiger partial charge on any atom is -0.309 e. The van der Waals surface area contributed by atoms with Crippen molar-refractivity contribution in [2.24, 2.45) is 0 Å². The maximum Gasteiger partial charge on any atom is 0.164 e. The van der Waals surface area contributed by atoms with E-state index < -0.39 is 0 Å². The number of hydrogen-bond acceptors (Lipinski definition) is 4. The number of nitrogens with zero attached hydrogens (tertiary/aromatic N) is 4. The van der Waals surface area contributed by atoms with E-state index in [0.29, 0.717) is 17.5 Å². The number of rotatable bonds is 4. The molecule has 1 spiro atoms. The molecule has 2 aliphatic carbocycles. The van der Waals surface area contributed by atoms with E-state index in [1.54, 1.807) is 0 Å². The summed E-state index contributed by atoms with van der Waals surface area (Å²) in [6.07, 6.45) is 6.28. The molecule has 3 aromatic heterocycles. The number of hydrogen-bond donors (Lipinski definition) is 0. The van der Waals surface area contributed by atoms with Gasteiger partial charge >= 0.3 is 0 Å². The van der Waals surface area contributed by atoms with Crippen LogP contribution in [0.3, 0.4) is 0 Å². The van der Waals surface area contributed by atoms with Gasteiger partial charge in [0, 0.05) is 58.7 Å². The van der Waals surface area contributed by atoms with Crippen LogP contribution in [0.4, 0.5) is 0 Å². The third kappa shape index (κ3) is 4.74. The lowest BCUT2D eigenvalue weighted by Gasteiger charge is -2.36. The summed E-state index contributed by atoms with van der Waals surface area (Å²) in [4.78, 5) is 15.2. The Morgan fingerprint density at radius 1 is 0.429 bits per heavy atom. The van der Waals surface area contributed by atoms with Crippen molar-refractivity contribution >= 4 is 53.3 Å². The second kappa shape index (κ2) is 12.3. The molecule has 0 atom stereocenters. The van der Waals surface area contributed by atoms with Crippen molar-refractivity contribution in [2.75, 3.05) is 0 Å². The number of aromatic nitrogens is 4. The molecule has 0 saturated heterocycles. The van der Waals surface area contributed by atoms with Gasteiger partial charge in [0.15, 0.2) is 17.5 Å². The maximum absolute atomic E-state index is 5.13. The molecule has 0 aliphatic heterocycles. The van der Waals surface area contributed by atoms with Gasteiger partial charge in [0.1, 0.15) is 0 Å². The van der Waals surface area contributed by atoms with Crippen LogP contribution < -0.4 is 0 Å². The lowest BCUT2D eigenvalue weighted by molar-refractivity contribution is 0.353. The van der Waals surface area contributed by atoms with Crippen LogP contribution >= 0.6 is 11.3 Å². The van der Waals surface area contributed by atoms with E-state index >= 15 is 0 Å². The highest BCUT2D eigenvalue weighted by molar-refractivity contribution is 7.25. The molecule has 4 nitrogen and oxygen atoms in total. The zero-order valence-electron chi connectivity index (χ0n) is 30.7. The first kappa shape index (κ1) is 31.9. The Kier molecular flexibility index (Phi) is 6.99. The van der Waals surface area contributed by atoms with Gasteiger partial charge in [-0.2, -0.15) is 0 Å². The molecule has 12 rings (SSSR count). The molecule has 3 heterocycles. The van der Waals surface area contributed by atoms with Crippen molar-refractivity contribution in [3.05, 3.63) is 169 Å². The van der Waals surface area contributed by atoms with Crippen LogP contribution in [0.25, 0.3) is 93.0 Å². The van der Waals surface area contributed by atoms with Gasteiger partial charge in [-0.05, 0) is 71.5 Å². The van der Waals surface area contributed by atoms with Crippen LogP contribution in [0.1, 0.15) is 43.2 Å². The van der Waals surface area contributed by atoms with Gasteiger partial charge in [-0.25, -0.2) is 15.0 Å². The lowest BCUT2D eigenvalue weighted by Crippen LogP contribution is -2.27. The lowest BCUT2D eigenvalue weighted by atomic mass is 9.68. The van der Waals surface area contributed by atoms with Gasteiger partial charge in [-0.3, -0.25) is 0 Å². The molecule has 10 aromatic rings. The average Bonchev–Trinajstić information content (AvgIpc) is 3.89. The average molecular weight is 737 g/mol. The molecule has 0 unspecified atom stereocenters. The number of benzene rings is 7. The molecular formula is C51H36N4S. The van der Waals surface area contributed by atoms with E-state index in [1.165, 1.54) is 90.8 Å². The summed E-state index contributed by atoms with van der Waals surface area (Å²) in [6, 6.07) is 57.3. The van der Waals surface area contributed by atoms with Gasteiger partial charge in [0.2, 0.25) is 0 Å². The van der Waals surface area contributed by atoms with E-state index in [1.807, 2.05) is 47.7 Å². The number of fused-ring (bicyclic) bond motifs is 11. The highest BCUT2D eigenvalue weighted by Gasteiger charge is 2.44. The van der Waals surface area contributed by atoms with Crippen molar-refractivity contribution < 1.29 is 0 Å². The van der Waals surface area contributed by atoms with Crippen molar-refractivity contribution in [3.63, 3.8) is 0 Å². The molecule has 56 heavy (non-hydrogen) atoms. The molecule has 7 aromatic carbocycles. The van der Waals surface area contributed by atoms with E-state index in [2.05, 4.69) is 126 Å². The Hall–Kier alpha value is -6.43. The number of thiophene rings is 1. The van der Waals surface area contributed by atoms with Crippen LogP contribution in [-0.2, 0) is 5.41 Å². The predicted octanol–water partition coefficient (Wildman–Crippen LogP) is 13.6. The van der Waals surface area contributed by atoms with Crippen LogP contribution in [0.15, 0.2) is 158 Å². The van der Waals surface area contributed by atoms with Gasteiger partial charge in [-0.15, -0.1) is 11.3 Å². The minimum atomic E-state index is 0.0786. The SMILES string of the molecule is c1ccc(-c2nc(-c3ccccc3)nc(-c3ccc4c5cc6c(cc5n(-c5ccc7c(c5)sc5ccccc57)c4c3)-c3ccccc3C63CCCCC3)n2)cc1. The summed E-state index contributed by atoms with van der Waals surface area (Å²) in [5.41, 5.74) is 12.3. The highest BCUT2D eigenvalue weighted by atomic mass is 32.1. The summed E-state index contributed by atoms with van der Waals surface area (Å²) in [6.45, 7) is 0. The van der Waals surface area contributed by atoms with Crippen LogP contribution in [-0.4, -0.2) is 19.5 Å². The Bertz CT molecular complexity index is 3110. The molecule has 1 fully saturated rings. The summed E-state index contributed by atoms with van der Waals surface area (Å²) < 4.78 is 5.10. The molecule has 5 heteroatoms. The molecule has 0 bridgehead atoms. The monoisotopic (exact) mass is 736 g/mol. The van der Waals surface area contributed by atoms with E-state index in [-0.39, 0.29) is 5.41 Å². The summed E-state index contributed by atoms with van der Waals surface area (Å²) >= 11 is 1.87. The second-order valence-corrected chi connectivity index (χ2v) is 16.6. The first-order chi connectivity index (χ1) is 27.7. The molecule has 266 valence electrons. The normalized spacial score (nSPS) is 14.6. The molecule has 0 amide bonds. The second-order valence-electron chi connectivity index (χ2n) is 15.5. The van der Waals surface area contributed by atoms with Crippen molar-refractivity contribution in [1.29, 1.82) is 0 Å². The fourth-order valence-electron chi connectivity index (χ4n) is 9.86. The predicted molar refractivity (Wildman–Crippen MR) is 233 cm³/mol. The summed E-state index contributed by atoms with van der Waals surface area (Å²) in [5, 5.41) is 5.15. The van der Waals surface area contributed by atoms with Gasteiger partial charge in [0.05, 0.1) is 11.0 Å². The smallest absolute Gasteiger partial charge is 0.164 e. The van der Waals surface area contributed by atoms with Crippen molar-refractivity contribution in [3.8, 4) is 51.0 Å². The van der Waals surface area contributed by atoms with Gasteiger partial charge in [0.25, 0.3) is 0 Å². The van der Waals surface area contributed by atoms with Crippen LogP contribution in [0, 0.1) is 0 Å². The van der Waals surface area contributed by atoms with E-state index in [9.17, 15) is 0 Å². The molecule has 0 N–H and O–H groups in total. The van der Waals surface area contributed by atoms with Crippen LogP contribution in [0.2, 0.25) is 0 Å². The zero-order valence-corrected chi connectivity index (χ0v) is 31.6. The third-order valence-electron chi connectivity index (χ3n) is 12.4. The van der Waals surface area contributed by atoms with Gasteiger partial charge in [-0.1, -0.05) is 141 Å². The molecular weight excluding hydrogens is 701 g/mol. The quantitative estimate of drug-likeness (QED) is 0.181.